The molecule has 3 rings (SSSR count). The molecular formula is C24H25N3O2. The minimum Gasteiger partial charge on any atom is -0.346 e. The number of hydrogen-bond acceptors (Lipinski definition) is 3. The van der Waals surface area contributed by atoms with Gasteiger partial charge >= 0.3 is 0 Å². The molecule has 0 saturated carbocycles. The number of aryl methyl sites for hydroxylation is 2. The number of nitrogens with zero attached hydrogens (tertiary/aromatic N) is 1. The Morgan fingerprint density at radius 3 is 2.48 bits per heavy atom. The Labute approximate surface area is 171 Å². The molecule has 0 fully saturated rings. The monoisotopic (exact) mass is 387 g/mol. The highest BCUT2D eigenvalue weighted by molar-refractivity contribution is 6.05. The summed E-state index contributed by atoms with van der Waals surface area (Å²) in [6.45, 7) is 5.92. The first-order valence-electron chi connectivity index (χ1n) is 9.71. The molecule has 1 unspecified atom stereocenters. The minimum atomic E-state index is -0.334. The number of rotatable bonds is 6. The maximum absolute atomic E-state index is 12.7. The van der Waals surface area contributed by atoms with Crippen LogP contribution in [0.4, 0.5) is 5.69 Å². The van der Waals surface area contributed by atoms with Crippen LogP contribution in [0.3, 0.4) is 0 Å². The van der Waals surface area contributed by atoms with Crippen LogP contribution in [0.5, 0.6) is 0 Å². The van der Waals surface area contributed by atoms with Crippen LogP contribution in [0, 0.1) is 6.92 Å². The third-order valence-electron chi connectivity index (χ3n) is 4.88. The molecule has 1 aromatic heterocycles. The molecule has 0 radical (unpaired) electrons. The van der Waals surface area contributed by atoms with E-state index in [0.29, 0.717) is 5.56 Å². The third kappa shape index (κ3) is 4.88. The number of carbonyl (C=O) groups is 2. The van der Waals surface area contributed by atoms with Gasteiger partial charge in [0, 0.05) is 17.4 Å². The van der Waals surface area contributed by atoms with Crippen molar-refractivity contribution in [2.45, 2.75) is 33.2 Å². The molecule has 2 amide bonds. The van der Waals surface area contributed by atoms with E-state index in [1.165, 1.54) is 12.3 Å². The predicted molar refractivity (Wildman–Crippen MR) is 115 cm³/mol. The van der Waals surface area contributed by atoms with Gasteiger partial charge in [0.15, 0.2) is 0 Å². The van der Waals surface area contributed by atoms with Gasteiger partial charge in [-0.1, -0.05) is 55.5 Å². The molecule has 0 aliphatic rings. The summed E-state index contributed by atoms with van der Waals surface area (Å²) < 4.78 is 0. The summed E-state index contributed by atoms with van der Waals surface area (Å²) in [6.07, 6.45) is 2.29. The van der Waals surface area contributed by atoms with E-state index in [-0.39, 0.29) is 23.6 Å². The summed E-state index contributed by atoms with van der Waals surface area (Å²) >= 11 is 0. The lowest BCUT2D eigenvalue weighted by molar-refractivity contribution is 0.0939. The molecule has 1 heterocycles. The van der Waals surface area contributed by atoms with Gasteiger partial charge in [0.1, 0.15) is 5.69 Å². The van der Waals surface area contributed by atoms with Crippen molar-refractivity contribution in [2.24, 2.45) is 0 Å². The zero-order chi connectivity index (χ0) is 20.8. The number of amides is 2. The maximum atomic E-state index is 12.7. The highest BCUT2D eigenvalue weighted by Crippen LogP contribution is 2.22. The largest absolute Gasteiger partial charge is 0.346 e. The third-order valence-corrected chi connectivity index (χ3v) is 4.88. The van der Waals surface area contributed by atoms with Gasteiger partial charge in [-0.25, -0.2) is 0 Å². The van der Waals surface area contributed by atoms with Gasteiger partial charge in [-0.05, 0) is 49.1 Å². The Hall–Kier alpha value is -3.47. The van der Waals surface area contributed by atoms with Crippen molar-refractivity contribution in [3.05, 3.63) is 94.8 Å². The standard InChI is InChI=1S/C24H25N3O2/c1-4-18-12-8-9-16(2)22(18)27-24(29)21-15-20(13-14-25-21)23(28)26-17(3)19-10-6-5-7-11-19/h5-15,17H,4H2,1-3H3,(H,26,28)(H,27,29). The molecule has 5 nitrogen and oxygen atoms in total. The van der Waals surface area contributed by atoms with Crippen molar-refractivity contribution >= 4 is 17.5 Å². The normalized spacial score (nSPS) is 11.6. The average Bonchev–Trinajstić information content (AvgIpc) is 2.75. The first-order chi connectivity index (χ1) is 14.0. The summed E-state index contributed by atoms with van der Waals surface area (Å²) in [5.74, 6) is -0.581. The fraction of sp³-hybridized carbons (Fsp3) is 0.208. The highest BCUT2D eigenvalue weighted by Gasteiger charge is 2.16. The lowest BCUT2D eigenvalue weighted by Crippen LogP contribution is -2.27. The van der Waals surface area contributed by atoms with Gasteiger partial charge in [0.25, 0.3) is 11.8 Å². The molecule has 2 N–H and O–H groups in total. The van der Waals surface area contributed by atoms with Crippen LogP contribution in [0.15, 0.2) is 66.9 Å². The molecule has 1 atom stereocenters. The zero-order valence-corrected chi connectivity index (χ0v) is 16.9. The fourth-order valence-corrected chi connectivity index (χ4v) is 3.18. The van der Waals surface area contributed by atoms with Gasteiger partial charge in [0.2, 0.25) is 0 Å². The van der Waals surface area contributed by atoms with Crippen molar-refractivity contribution in [3.63, 3.8) is 0 Å². The van der Waals surface area contributed by atoms with Crippen molar-refractivity contribution in [2.75, 3.05) is 5.32 Å². The van der Waals surface area contributed by atoms with E-state index >= 15 is 0 Å². The van der Waals surface area contributed by atoms with Crippen LogP contribution >= 0.6 is 0 Å². The van der Waals surface area contributed by atoms with Crippen LogP contribution in [-0.4, -0.2) is 16.8 Å². The molecule has 0 aliphatic carbocycles. The van der Waals surface area contributed by atoms with Gasteiger partial charge < -0.3 is 10.6 Å². The van der Waals surface area contributed by atoms with E-state index in [1.807, 2.05) is 69.3 Å². The first kappa shape index (κ1) is 20.3. The summed E-state index contributed by atoms with van der Waals surface area (Å²) in [4.78, 5) is 29.5. The molecule has 29 heavy (non-hydrogen) atoms. The van der Waals surface area contributed by atoms with Crippen LogP contribution in [0.25, 0.3) is 0 Å². The second kappa shape index (κ2) is 9.15. The number of aromatic nitrogens is 1. The van der Waals surface area contributed by atoms with Gasteiger partial charge in [0.05, 0.1) is 6.04 Å². The Morgan fingerprint density at radius 2 is 1.76 bits per heavy atom. The number of carbonyl (C=O) groups excluding carboxylic acids is 2. The van der Waals surface area contributed by atoms with Gasteiger partial charge in [-0.2, -0.15) is 0 Å². The topological polar surface area (TPSA) is 71.1 Å². The SMILES string of the molecule is CCc1cccc(C)c1NC(=O)c1cc(C(=O)NC(C)c2ccccc2)ccn1. The molecular weight excluding hydrogens is 362 g/mol. The predicted octanol–water partition coefficient (Wildman–Crippen LogP) is 4.70. The maximum Gasteiger partial charge on any atom is 0.274 e. The van der Waals surface area contributed by atoms with E-state index in [2.05, 4.69) is 15.6 Å². The molecule has 148 valence electrons. The first-order valence-corrected chi connectivity index (χ1v) is 9.71. The van der Waals surface area contributed by atoms with E-state index in [9.17, 15) is 9.59 Å². The molecule has 3 aromatic rings. The minimum absolute atomic E-state index is 0.145. The summed E-state index contributed by atoms with van der Waals surface area (Å²) in [5, 5.41) is 5.90. The van der Waals surface area contributed by atoms with Crippen molar-refractivity contribution in [1.29, 1.82) is 0 Å². The second-order valence-electron chi connectivity index (χ2n) is 6.95. The quantitative estimate of drug-likeness (QED) is 0.644. The van der Waals surface area contributed by atoms with Crippen LogP contribution in [-0.2, 0) is 6.42 Å². The van der Waals surface area contributed by atoms with E-state index < -0.39 is 0 Å². The number of pyridine rings is 1. The number of hydrogen-bond donors (Lipinski definition) is 2. The fourth-order valence-electron chi connectivity index (χ4n) is 3.18. The Morgan fingerprint density at radius 1 is 1.00 bits per heavy atom. The van der Waals surface area contributed by atoms with E-state index in [1.54, 1.807) is 6.07 Å². The Bertz CT molecular complexity index is 1020. The van der Waals surface area contributed by atoms with Crippen LogP contribution in [0.1, 0.15) is 57.4 Å². The zero-order valence-electron chi connectivity index (χ0n) is 16.9. The smallest absolute Gasteiger partial charge is 0.274 e. The van der Waals surface area contributed by atoms with E-state index in [4.69, 9.17) is 0 Å². The number of benzene rings is 2. The lowest BCUT2D eigenvalue weighted by Gasteiger charge is -2.15. The van der Waals surface area contributed by atoms with Crippen molar-refractivity contribution in [1.82, 2.24) is 10.3 Å². The molecule has 0 saturated heterocycles. The highest BCUT2D eigenvalue weighted by atomic mass is 16.2. The molecule has 5 heteroatoms. The van der Waals surface area contributed by atoms with E-state index in [0.717, 1.165) is 28.8 Å². The summed E-state index contributed by atoms with van der Waals surface area (Å²) in [7, 11) is 0. The van der Waals surface area contributed by atoms with Crippen LogP contribution < -0.4 is 10.6 Å². The van der Waals surface area contributed by atoms with Gasteiger partial charge in [-0.3, -0.25) is 14.6 Å². The Kier molecular flexibility index (Phi) is 6.39. The molecule has 0 spiro atoms. The lowest BCUT2D eigenvalue weighted by atomic mass is 10.1. The summed E-state index contributed by atoms with van der Waals surface area (Å²) in [6, 6.07) is 18.6. The number of anilines is 1. The number of para-hydroxylation sites is 1. The van der Waals surface area contributed by atoms with Gasteiger partial charge in [-0.15, -0.1) is 0 Å². The van der Waals surface area contributed by atoms with Crippen molar-refractivity contribution < 1.29 is 9.59 Å². The molecule has 0 bridgehead atoms. The number of nitrogens with one attached hydrogen (secondary N) is 2. The molecule has 0 aliphatic heterocycles. The Balaban J connectivity index is 1.75. The van der Waals surface area contributed by atoms with Crippen LogP contribution in [0.2, 0.25) is 0 Å². The molecule has 2 aromatic carbocycles. The second-order valence-corrected chi connectivity index (χ2v) is 6.95. The summed E-state index contributed by atoms with van der Waals surface area (Å²) in [5.41, 5.74) is 4.46. The van der Waals surface area contributed by atoms with Crippen molar-refractivity contribution in [3.8, 4) is 0 Å². The average molecular weight is 387 g/mol.